The quantitative estimate of drug-likeness (QED) is 0.845. The molecule has 7 heteroatoms. The summed E-state index contributed by atoms with van der Waals surface area (Å²) in [4.78, 5) is 20.6. The van der Waals surface area contributed by atoms with Crippen LogP contribution in [0, 0.1) is 5.82 Å². The summed E-state index contributed by atoms with van der Waals surface area (Å²) in [6.45, 7) is 9.33. The average molecular weight is 316 g/mol. The van der Waals surface area contributed by atoms with Crippen molar-refractivity contribution in [3.05, 3.63) is 36.4 Å². The van der Waals surface area contributed by atoms with Crippen molar-refractivity contribution in [3.8, 4) is 0 Å². The van der Waals surface area contributed by atoms with E-state index in [9.17, 15) is 4.39 Å². The van der Waals surface area contributed by atoms with E-state index in [0.717, 1.165) is 24.6 Å². The number of aromatic nitrogens is 4. The van der Waals surface area contributed by atoms with Crippen molar-refractivity contribution >= 4 is 11.6 Å². The van der Waals surface area contributed by atoms with Gasteiger partial charge in [0.25, 0.3) is 0 Å². The maximum Gasteiger partial charge on any atom is 0.183 e. The number of halogens is 1. The number of hydrogen-bond acceptors (Lipinski definition) is 6. The smallest absolute Gasteiger partial charge is 0.183 e. The fourth-order valence-corrected chi connectivity index (χ4v) is 2.62. The van der Waals surface area contributed by atoms with Crippen LogP contribution in [0.1, 0.15) is 26.5 Å². The molecule has 6 nitrogen and oxygen atoms in total. The van der Waals surface area contributed by atoms with Crippen LogP contribution in [0.25, 0.3) is 0 Å². The zero-order valence-electron chi connectivity index (χ0n) is 13.7. The molecule has 0 amide bonds. The fourth-order valence-electron chi connectivity index (χ4n) is 2.62. The summed E-state index contributed by atoms with van der Waals surface area (Å²) in [6, 6.07) is 2.04. The van der Waals surface area contributed by atoms with E-state index < -0.39 is 0 Å². The van der Waals surface area contributed by atoms with Gasteiger partial charge in [-0.2, -0.15) is 0 Å². The molecule has 3 heterocycles. The highest BCUT2D eigenvalue weighted by Crippen LogP contribution is 2.24. The van der Waals surface area contributed by atoms with Gasteiger partial charge in [-0.25, -0.2) is 24.3 Å². The summed E-state index contributed by atoms with van der Waals surface area (Å²) in [5, 5.41) is 0. The third kappa shape index (κ3) is 3.38. The second kappa shape index (κ2) is 6.06. The van der Waals surface area contributed by atoms with Crippen LogP contribution in [0.15, 0.2) is 24.9 Å². The summed E-state index contributed by atoms with van der Waals surface area (Å²) in [5.41, 5.74) is 1.01. The normalized spacial score (nSPS) is 15.8. The molecule has 0 N–H and O–H groups in total. The van der Waals surface area contributed by atoms with Gasteiger partial charge in [0, 0.05) is 37.7 Å². The molecule has 0 atom stereocenters. The number of hydrogen-bond donors (Lipinski definition) is 0. The average Bonchev–Trinajstić information content (AvgIpc) is 2.55. The highest BCUT2D eigenvalue weighted by atomic mass is 19.1. The molecule has 122 valence electrons. The lowest BCUT2D eigenvalue weighted by Gasteiger charge is -2.36. The van der Waals surface area contributed by atoms with Crippen LogP contribution >= 0.6 is 0 Å². The molecule has 0 saturated carbocycles. The summed E-state index contributed by atoms with van der Waals surface area (Å²) in [6.07, 6.45) is 4.20. The van der Waals surface area contributed by atoms with Gasteiger partial charge in [-0.1, -0.05) is 20.8 Å². The zero-order chi connectivity index (χ0) is 16.4. The minimum Gasteiger partial charge on any atom is -0.353 e. The highest BCUT2D eigenvalue weighted by Gasteiger charge is 2.23. The topological polar surface area (TPSA) is 58.0 Å². The summed E-state index contributed by atoms with van der Waals surface area (Å²) >= 11 is 0. The van der Waals surface area contributed by atoms with Crippen LogP contribution in [0.4, 0.5) is 16.0 Å². The Morgan fingerprint density at radius 2 is 1.65 bits per heavy atom. The highest BCUT2D eigenvalue weighted by molar-refractivity contribution is 5.45. The number of anilines is 2. The van der Waals surface area contributed by atoms with Gasteiger partial charge in [0.2, 0.25) is 0 Å². The molecular weight excluding hydrogens is 295 g/mol. The number of rotatable bonds is 2. The Bertz CT molecular complexity index is 676. The van der Waals surface area contributed by atoms with Crippen molar-refractivity contribution in [2.45, 2.75) is 26.2 Å². The van der Waals surface area contributed by atoms with Crippen molar-refractivity contribution in [1.29, 1.82) is 0 Å². The summed E-state index contributed by atoms with van der Waals surface area (Å²) in [5.74, 6) is 0.920. The predicted octanol–water partition coefficient (Wildman–Crippen LogP) is 2.03. The van der Waals surface area contributed by atoms with E-state index in [0.29, 0.717) is 18.9 Å². The molecule has 23 heavy (non-hydrogen) atoms. The Hall–Kier alpha value is -2.31. The van der Waals surface area contributed by atoms with Gasteiger partial charge in [0.15, 0.2) is 11.6 Å². The molecule has 0 spiro atoms. The summed E-state index contributed by atoms with van der Waals surface area (Å²) < 4.78 is 13.8. The Balaban J connectivity index is 1.71. The second-order valence-corrected chi connectivity index (χ2v) is 6.68. The lowest BCUT2D eigenvalue weighted by atomic mass is 9.92. The van der Waals surface area contributed by atoms with Gasteiger partial charge < -0.3 is 9.80 Å². The van der Waals surface area contributed by atoms with E-state index in [1.54, 1.807) is 6.33 Å². The molecule has 0 aromatic carbocycles. The maximum absolute atomic E-state index is 13.8. The van der Waals surface area contributed by atoms with E-state index in [1.165, 1.54) is 12.5 Å². The van der Waals surface area contributed by atoms with Crippen LogP contribution in [0.5, 0.6) is 0 Å². The van der Waals surface area contributed by atoms with Crippen LogP contribution in [0.3, 0.4) is 0 Å². The zero-order valence-corrected chi connectivity index (χ0v) is 13.7. The Morgan fingerprint density at radius 3 is 2.30 bits per heavy atom. The molecular formula is C16H21FN6. The van der Waals surface area contributed by atoms with Crippen molar-refractivity contribution < 1.29 is 4.39 Å². The largest absolute Gasteiger partial charge is 0.353 e. The SMILES string of the molecule is CC(C)(C)c1cc(N2CCN(c3ncncc3F)CC2)ncn1. The summed E-state index contributed by atoms with van der Waals surface area (Å²) in [7, 11) is 0. The van der Waals surface area contributed by atoms with E-state index in [4.69, 9.17) is 0 Å². The van der Waals surface area contributed by atoms with Crippen molar-refractivity contribution in [2.75, 3.05) is 36.0 Å². The standard InChI is InChI=1S/C16H21FN6/c1-16(2,3)13-8-14(20-11-19-13)22-4-6-23(7-5-22)15-12(17)9-18-10-21-15/h8-11H,4-7H2,1-3H3. The maximum atomic E-state index is 13.8. The minimum absolute atomic E-state index is 0.0103. The Morgan fingerprint density at radius 1 is 0.957 bits per heavy atom. The predicted molar refractivity (Wildman–Crippen MR) is 87.1 cm³/mol. The molecule has 0 aliphatic carbocycles. The molecule has 2 aromatic heterocycles. The monoisotopic (exact) mass is 316 g/mol. The van der Waals surface area contributed by atoms with Crippen molar-refractivity contribution in [1.82, 2.24) is 19.9 Å². The molecule has 1 aliphatic heterocycles. The van der Waals surface area contributed by atoms with Crippen molar-refractivity contribution in [2.24, 2.45) is 0 Å². The fraction of sp³-hybridized carbons (Fsp3) is 0.500. The van der Waals surface area contributed by atoms with Gasteiger partial charge in [-0.3, -0.25) is 0 Å². The number of nitrogens with zero attached hydrogens (tertiary/aromatic N) is 6. The van der Waals surface area contributed by atoms with Crippen LogP contribution in [0.2, 0.25) is 0 Å². The minimum atomic E-state index is -0.377. The van der Waals surface area contributed by atoms with Gasteiger partial charge in [-0.15, -0.1) is 0 Å². The first-order valence-corrected chi connectivity index (χ1v) is 7.73. The Labute approximate surface area is 135 Å². The lowest BCUT2D eigenvalue weighted by Crippen LogP contribution is -2.47. The van der Waals surface area contributed by atoms with E-state index in [1.807, 2.05) is 11.0 Å². The first-order valence-electron chi connectivity index (χ1n) is 7.73. The first kappa shape index (κ1) is 15.6. The van der Waals surface area contributed by atoms with Crippen LogP contribution < -0.4 is 9.80 Å². The van der Waals surface area contributed by atoms with E-state index in [-0.39, 0.29) is 11.2 Å². The van der Waals surface area contributed by atoms with Crippen LogP contribution in [-0.4, -0.2) is 46.1 Å². The molecule has 0 unspecified atom stereocenters. The van der Waals surface area contributed by atoms with Gasteiger partial charge in [-0.05, 0) is 0 Å². The molecule has 1 fully saturated rings. The number of piperazine rings is 1. The van der Waals surface area contributed by atoms with E-state index >= 15 is 0 Å². The molecule has 0 bridgehead atoms. The first-order chi connectivity index (χ1) is 10.9. The Kier molecular flexibility index (Phi) is 4.11. The third-order valence-electron chi connectivity index (χ3n) is 3.97. The van der Waals surface area contributed by atoms with E-state index in [2.05, 4.69) is 45.6 Å². The molecule has 1 saturated heterocycles. The van der Waals surface area contributed by atoms with Crippen LogP contribution in [-0.2, 0) is 5.41 Å². The third-order valence-corrected chi connectivity index (χ3v) is 3.97. The molecule has 2 aromatic rings. The molecule has 1 aliphatic rings. The molecule has 0 radical (unpaired) electrons. The van der Waals surface area contributed by atoms with Gasteiger partial charge >= 0.3 is 0 Å². The van der Waals surface area contributed by atoms with Gasteiger partial charge in [0.05, 0.1) is 11.9 Å². The lowest BCUT2D eigenvalue weighted by molar-refractivity contribution is 0.562. The second-order valence-electron chi connectivity index (χ2n) is 6.68. The van der Waals surface area contributed by atoms with Gasteiger partial charge in [0.1, 0.15) is 18.5 Å². The van der Waals surface area contributed by atoms with Crippen molar-refractivity contribution in [3.63, 3.8) is 0 Å². The molecule has 3 rings (SSSR count).